The first-order valence-electron chi connectivity index (χ1n) is 10.4. The molecule has 1 fully saturated rings. The van der Waals surface area contributed by atoms with Crippen LogP contribution in [0.15, 0.2) is 42.5 Å². The van der Waals surface area contributed by atoms with Gasteiger partial charge in [0.05, 0.1) is 19.2 Å². The summed E-state index contributed by atoms with van der Waals surface area (Å²) in [6.45, 7) is 6.58. The number of hydrogen-bond donors (Lipinski definition) is 1. The molecule has 0 unspecified atom stereocenters. The predicted octanol–water partition coefficient (Wildman–Crippen LogP) is 6.22. The fourth-order valence-electron chi connectivity index (χ4n) is 4.00. The zero-order valence-corrected chi connectivity index (χ0v) is 17.7. The smallest absolute Gasteiger partial charge is 0.228 e. The monoisotopic (exact) mass is 379 g/mol. The Morgan fingerprint density at radius 1 is 1.04 bits per heavy atom. The Balaban J connectivity index is 1.66. The van der Waals surface area contributed by atoms with E-state index in [0.29, 0.717) is 12.3 Å². The van der Waals surface area contributed by atoms with Crippen LogP contribution in [0.25, 0.3) is 0 Å². The van der Waals surface area contributed by atoms with Gasteiger partial charge in [-0.1, -0.05) is 70.4 Å². The molecule has 28 heavy (non-hydrogen) atoms. The third kappa shape index (κ3) is 5.15. The molecule has 0 heterocycles. The lowest BCUT2D eigenvalue weighted by molar-refractivity contribution is -0.115. The molecule has 0 atom stereocenters. The quantitative estimate of drug-likeness (QED) is 0.669. The highest BCUT2D eigenvalue weighted by molar-refractivity contribution is 5.93. The summed E-state index contributed by atoms with van der Waals surface area (Å²) in [7, 11) is 1.67. The van der Waals surface area contributed by atoms with Crippen LogP contribution in [0.1, 0.15) is 75.5 Å². The molecule has 2 aromatic carbocycles. The van der Waals surface area contributed by atoms with E-state index in [1.807, 2.05) is 18.2 Å². The SMILES string of the molecule is COc1cc(C2CCCCC2)ccc1NC(=O)Cc1ccc(C(C)(C)C)cc1. The van der Waals surface area contributed by atoms with Gasteiger partial charge < -0.3 is 10.1 Å². The van der Waals surface area contributed by atoms with Gasteiger partial charge in [0, 0.05) is 0 Å². The van der Waals surface area contributed by atoms with E-state index < -0.39 is 0 Å². The van der Waals surface area contributed by atoms with Gasteiger partial charge in [0.15, 0.2) is 0 Å². The van der Waals surface area contributed by atoms with Gasteiger partial charge in [0.25, 0.3) is 0 Å². The normalized spacial score (nSPS) is 15.3. The molecule has 0 aromatic heterocycles. The summed E-state index contributed by atoms with van der Waals surface area (Å²) in [6, 6.07) is 14.6. The number of benzene rings is 2. The van der Waals surface area contributed by atoms with Crippen molar-refractivity contribution < 1.29 is 9.53 Å². The summed E-state index contributed by atoms with van der Waals surface area (Å²) < 4.78 is 5.57. The van der Waals surface area contributed by atoms with E-state index in [4.69, 9.17) is 4.74 Å². The second kappa shape index (κ2) is 8.81. The van der Waals surface area contributed by atoms with E-state index in [9.17, 15) is 4.79 Å². The first-order valence-corrected chi connectivity index (χ1v) is 10.4. The van der Waals surface area contributed by atoms with E-state index in [2.05, 4.69) is 50.4 Å². The van der Waals surface area contributed by atoms with E-state index in [0.717, 1.165) is 17.0 Å². The van der Waals surface area contributed by atoms with Gasteiger partial charge in [-0.05, 0) is 53.0 Å². The Bertz CT molecular complexity index is 796. The number of anilines is 1. The number of methoxy groups -OCH3 is 1. The van der Waals surface area contributed by atoms with Gasteiger partial charge in [0.1, 0.15) is 5.75 Å². The first kappa shape index (κ1) is 20.4. The van der Waals surface area contributed by atoms with E-state index in [1.54, 1.807) is 7.11 Å². The van der Waals surface area contributed by atoms with Crippen molar-refractivity contribution in [3.8, 4) is 5.75 Å². The number of nitrogens with one attached hydrogen (secondary N) is 1. The first-order chi connectivity index (χ1) is 13.4. The van der Waals surface area contributed by atoms with Crippen LogP contribution in [-0.4, -0.2) is 13.0 Å². The molecule has 1 aliphatic rings. The number of amides is 1. The summed E-state index contributed by atoms with van der Waals surface area (Å²) in [5.41, 5.74) is 4.49. The van der Waals surface area contributed by atoms with Crippen molar-refractivity contribution in [1.29, 1.82) is 0 Å². The molecule has 1 saturated carbocycles. The zero-order valence-electron chi connectivity index (χ0n) is 17.7. The van der Waals surface area contributed by atoms with Crippen LogP contribution in [0, 0.1) is 0 Å². The Hall–Kier alpha value is -2.29. The number of ether oxygens (including phenoxy) is 1. The van der Waals surface area contributed by atoms with Gasteiger partial charge in [-0.3, -0.25) is 4.79 Å². The fourth-order valence-corrected chi connectivity index (χ4v) is 4.00. The standard InChI is InChI=1S/C25H33NO2/c1-25(2,3)21-13-10-18(11-14-21)16-24(27)26-22-15-12-20(17-23(22)28-4)19-8-6-5-7-9-19/h10-15,17,19H,5-9,16H2,1-4H3,(H,26,27). The summed E-state index contributed by atoms with van der Waals surface area (Å²) in [5, 5.41) is 3.02. The lowest BCUT2D eigenvalue weighted by Gasteiger charge is -2.23. The van der Waals surface area contributed by atoms with Crippen molar-refractivity contribution in [2.24, 2.45) is 0 Å². The molecule has 3 heteroatoms. The summed E-state index contributed by atoms with van der Waals surface area (Å²) in [6.07, 6.45) is 6.81. The molecular formula is C25H33NO2. The minimum atomic E-state index is -0.0211. The van der Waals surface area contributed by atoms with Crippen LogP contribution in [0.4, 0.5) is 5.69 Å². The topological polar surface area (TPSA) is 38.3 Å². The molecule has 0 aliphatic heterocycles. The number of rotatable bonds is 5. The third-order valence-electron chi connectivity index (χ3n) is 5.76. The largest absolute Gasteiger partial charge is 0.495 e. The van der Waals surface area contributed by atoms with Crippen molar-refractivity contribution in [1.82, 2.24) is 0 Å². The van der Waals surface area contributed by atoms with Crippen LogP contribution in [-0.2, 0) is 16.6 Å². The van der Waals surface area contributed by atoms with Crippen LogP contribution in [0.2, 0.25) is 0 Å². The predicted molar refractivity (Wildman–Crippen MR) is 116 cm³/mol. The molecule has 1 aliphatic carbocycles. The van der Waals surface area contributed by atoms with Crippen molar-refractivity contribution >= 4 is 11.6 Å². The molecule has 0 saturated heterocycles. The van der Waals surface area contributed by atoms with Crippen LogP contribution in [0.5, 0.6) is 5.75 Å². The molecule has 0 radical (unpaired) electrons. The number of carbonyl (C=O) groups is 1. The van der Waals surface area contributed by atoms with Crippen LogP contribution >= 0.6 is 0 Å². The highest BCUT2D eigenvalue weighted by Gasteiger charge is 2.18. The average Bonchev–Trinajstić information content (AvgIpc) is 2.68. The minimum absolute atomic E-state index is 0.0211. The molecule has 0 bridgehead atoms. The molecule has 3 nitrogen and oxygen atoms in total. The lowest BCUT2D eigenvalue weighted by atomic mass is 9.84. The van der Waals surface area contributed by atoms with Gasteiger partial charge in [-0.2, -0.15) is 0 Å². The molecule has 150 valence electrons. The molecule has 3 rings (SSSR count). The zero-order chi connectivity index (χ0) is 20.1. The third-order valence-corrected chi connectivity index (χ3v) is 5.76. The number of carbonyl (C=O) groups excluding carboxylic acids is 1. The average molecular weight is 380 g/mol. The molecule has 1 N–H and O–H groups in total. The van der Waals surface area contributed by atoms with Crippen molar-refractivity contribution in [2.75, 3.05) is 12.4 Å². The summed E-state index contributed by atoms with van der Waals surface area (Å²) in [4.78, 5) is 12.6. The highest BCUT2D eigenvalue weighted by Crippen LogP contribution is 2.36. The van der Waals surface area contributed by atoms with Gasteiger partial charge in [-0.15, -0.1) is 0 Å². The molecule has 0 spiro atoms. The van der Waals surface area contributed by atoms with Crippen LogP contribution < -0.4 is 10.1 Å². The summed E-state index contributed by atoms with van der Waals surface area (Å²) >= 11 is 0. The lowest BCUT2D eigenvalue weighted by Crippen LogP contribution is -2.16. The van der Waals surface area contributed by atoms with Crippen molar-refractivity contribution in [2.45, 2.75) is 70.6 Å². The van der Waals surface area contributed by atoms with E-state index in [1.165, 1.54) is 43.2 Å². The molecule has 2 aromatic rings. The maximum Gasteiger partial charge on any atom is 0.228 e. The fraction of sp³-hybridized carbons (Fsp3) is 0.480. The maximum absolute atomic E-state index is 12.6. The number of hydrogen-bond acceptors (Lipinski definition) is 2. The van der Waals surface area contributed by atoms with Crippen LogP contribution in [0.3, 0.4) is 0 Å². The second-order valence-electron chi connectivity index (χ2n) is 8.97. The maximum atomic E-state index is 12.6. The Labute approximate surface area is 169 Å². The van der Waals surface area contributed by atoms with Gasteiger partial charge in [-0.25, -0.2) is 0 Å². The highest BCUT2D eigenvalue weighted by atomic mass is 16.5. The Kier molecular flexibility index (Phi) is 6.43. The molecule has 1 amide bonds. The van der Waals surface area contributed by atoms with E-state index in [-0.39, 0.29) is 11.3 Å². The second-order valence-corrected chi connectivity index (χ2v) is 8.97. The molecular weight excluding hydrogens is 346 g/mol. The Morgan fingerprint density at radius 2 is 1.71 bits per heavy atom. The Morgan fingerprint density at radius 3 is 2.32 bits per heavy atom. The minimum Gasteiger partial charge on any atom is -0.495 e. The van der Waals surface area contributed by atoms with Gasteiger partial charge >= 0.3 is 0 Å². The van der Waals surface area contributed by atoms with Crippen molar-refractivity contribution in [3.05, 3.63) is 59.2 Å². The van der Waals surface area contributed by atoms with Crippen molar-refractivity contribution in [3.63, 3.8) is 0 Å². The van der Waals surface area contributed by atoms with Gasteiger partial charge in [0.2, 0.25) is 5.91 Å². The van der Waals surface area contributed by atoms with E-state index >= 15 is 0 Å². The summed E-state index contributed by atoms with van der Waals surface area (Å²) in [5.74, 6) is 1.35.